The zero-order valence-electron chi connectivity index (χ0n) is 15.4. The summed E-state index contributed by atoms with van der Waals surface area (Å²) in [7, 11) is 1.66. The smallest absolute Gasteiger partial charge is 0.229 e. The number of aryl methyl sites for hydroxylation is 1. The Hall–Kier alpha value is -3.08. The summed E-state index contributed by atoms with van der Waals surface area (Å²) >= 11 is 0. The van der Waals surface area contributed by atoms with E-state index in [0.717, 1.165) is 36.0 Å². The number of anilines is 3. The molecule has 1 N–H and O–H groups in total. The first-order chi connectivity index (χ1) is 12.7. The van der Waals surface area contributed by atoms with Gasteiger partial charge in [0.15, 0.2) is 0 Å². The van der Waals surface area contributed by atoms with E-state index in [1.54, 1.807) is 7.11 Å². The molecule has 2 aromatic carbocycles. The molecule has 1 aromatic heterocycles. The van der Waals surface area contributed by atoms with Crippen molar-refractivity contribution in [1.29, 1.82) is 0 Å². The highest BCUT2D eigenvalue weighted by Crippen LogP contribution is 2.21. The Morgan fingerprint density at radius 3 is 2.38 bits per heavy atom. The number of nitrogens with one attached hydrogen (secondary N) is 1. The highest BCUT2D eigenvalue weighted by Gasteiger charge is 2.10. The van der Waals surface area contributed by atoms with Crippen LogP contribution in [0, 0.1) is 6.92 Å². The molecule has 0 radical (unpaired) electrons. The van der Waals surface area contributed by atoms with Crippen molar-refractivity contribution in [3.05, 3.63) is 71.9 Å². The number of aromatic nitrogens is 2. The van der Waals surface area contributed by atoms with Crippen LogP contribution < -0.4 is 15.0 Å². The lowest BCUT2D eigenvalue weighted by Crippen LogP contribution is -2.23. The van der Waals surface area contributed by atoms with Crippen LogP contribution in [0.25, 0.3) is 0 Å². The number of hydrogen-bond acceptors (Lipinski definition) is 5. The van der Waals surface area contributed by atoms with E-state index in [4.69, 9.17) is 9.72 Å². The summed E-state index contributed by atoms with van der Waals surface area (Å²) in [4.78, 5) is 11.5. The molecule has 5 nitrogen and oxygen atoms in total. The van der Waals surface area contributed by atoms with Gasteiger partial charge in [0.25, 0.3) is 0 Å². The summed E-state index contributed by atoms with van der Waals surface area (Å²) in [5.41, 5.74) is 3.11. The normalized spacial score (nSPS) is 10.4. The molecule has 0 unspecified atom stereocenters. The number of benzene rings is 2. The summed E-state index contributed by atoms with van der Waals surface area (Å²) in [5, 5.41) is 3.27. The number of hydrogen-bond donors (Lipinski definition) is 1. The Bertz CT molecular complexity index is 834. The van der Waals surface area contributed by atoms with Gasteiger partial charge in [-0.2, -0.15) is 4.98 Å². The van der Waals surface area contributed by atoms with Crippen molar-refractivity contribution in [2.45, 2.75) is 20.4 Å². The van der Waals surface area contributed by atoms with Crippen molar-refractivity contribution in [2.24, 2.45) is 0 Å². The van der Waals surface area contributed by atoms with Gasteiger partial charge in [-0.3, -0.25) is 0 Å². The molecule has 26 heavy (non-hydrogen) atoms. The molecule has 0 aliphatic carbocycles. The van der Waals surface area contributed by atoms with Gasteiger partial charge in [-0.25, -0.2) is 4.98 Å². The van der Waals surface area contributed by atoms with Crippen LogP contribution in [0.15, 0.2) is 60.7 Å². The van der Waals surface area contributed by atoms with Crippen molar-refractivity contribution in [3.8, 4) is 5.75 Å². The maximum atomic E-state index is 5.19. The zero-order valence-corrected chi connectivity index (χ0v) is 15.4. The molecule has 0 aliphatic heterocycles. The minimum Gasteiger partial charge on any atom is -0.497 e. The van der Waals surface area contributed by atoms with Gasteiger partial charge in [0.2, 0.25) is 5.95 Å². The standard InChI is InChI=1S/C21H24N4O/c1-4-25(15-17-8-6-5-7-9-17)20-14-16(2)22-21(24-20)23-18-10-12-19(26-3)13-11-18/h5-14H,4,15H2,1-3H3,(H,22,23,24). The van der Waals surface area contributed by atoms with Crippen molar-refractivity contribution in [3.63, 3.8) is 0 Å². The molecule has 1 heterocycles. The first kappa shape index (κ1) is 17.7. The fourth-order valence-electron chi connectivity index (χ4n) is 2.73. The number of rotatable bonds is 7. The predicted molar refractivity (Wildman–Crippen MR) is 106 cm³/mol. The lowest BCUT2D eigenvalue weighted by atomic mass is 10.2. The largest absolute Gasteiger partial charge is 0.497 e. The van der Waals surface area contributed by atoms with Gasteiger partial charge in [0, 0.05) is 30.5 Å². The first-order valence-corrected chi connectivity index (χ1v) is 8.73. The molecule has 5 heteroatoms. The maximum absolute atomic E-state index is 5.19. The van der Waals surface area contributed by atoms with Crippen LogP contribution in [0.4, 0.5) is 17.5 Å². The topological polar surface area (TPSA) is 50.3 Å². The van der Waals surface area contributed by atoms with Crippen molar-refractivity contribution in [1.82, 2.24) is 9.97 Å². The van der Waals surface area contributed by atoms with E-state index in [1.165, 1.54) is 5.56 Å². The number of ether oxygens (including phenoxy) is 1. The zero-order chi connectivity index (χ0) is 18.4. The van der Waals surface area contributed by atoms with Gasteiger partial charge >= 0.3 is 0 Å². The van der Waals surface area contributed by atoms with Crippen LogP contribution in [0.1, 0.15) is 18.2 Å². The molecule has 0 aliphatic rings. The molecule has 0 saturated carbocycles. The quantitative estimate of drug-likeness (QED) is 0.678. The molecule has 3 aromatic rings. The number of nitrogens with zero attached hydrogens (tertiary/aromatic N) is 3. The van der Waals surface area contributed by atoms with Gasteiger partial charge < -0.3 is 15.0 Å². The minimum atomic E-state index is 0.594. The third kappa shape index (κ3) is 4.51. The third-order valence-corrected chi connectivity index (χ3v) is 4.11. The third-order valence-electron chi connectivity index (χ3n) is 4.11. The van der Waals surface area contributed by atoms with E-state index in [1.807, 2.05) is 43.3 Å². The van der Waals surface area contributed by atoms with Gasteiger partial charge in [0.05, 0.1) is 7.11 Å². The summed E-state index contributed by atoms with van der Waals surface area (Å²) < 4.78 is 5.19. The molecule has 0 fully saturated rings. The van der Waals surface area contributed by atoms with E-state index in [-0.39, 0.29) is 0 Å². The summed E-state index contributed by atoms with van der Waals surface area (Å²) in [6.07, 6.45) is 0. The van der Waals surface area contributed by atoms with Gasteiger partial charge in [0.1, 0.15) is 11.6 Å². The second-order valence-corrected chi connectivity index (χ2v) is 6.04. The Balaban J connectivity index is 1.81. The van der Waals surface area contributed by atoms with Crippen molar-refractivity contribution < 1.29 is 4.74 Å². The Morgan fingerprint density at radius 2 is 1.73 bits per heavy atom. The molecule has 0 amide bonds. The van der Waals surface area contributed by atoms with Crippen LogP contribution >= 0.6 is 0 Å². The number of methoxy groups -OCH3 is 1. The van der Waals surface area contributed by atoms with E-state index in [9.17, 15) is 0 Å². The van der Waals surface area contributed by atoms with Crippen molar-refractivity contribution in [2.75, 3.05) is 23.9 Å². The highest BCUT2D eigenvalue weighted by molar-refractivity contribution is 5.56. The second-order valence-electron chi connectivity index (χ2n) is 6.04. The lowest BCUT2D eigenvalue weighted by Gasteiger charge is -2.23. The molecule has 0 saturated heterocycles. The van der Waals surface area contributed by atoms with Gasteiger partial charge in [-0.1, -0.05) is 30.3 Å². The van der Waals surface area contributed by atoms with E-state index in [0.29, 0.717) is 5.95 Å². The van der Waals surface area contributed by atoms with Crippen LogP contribution in [-0.2, 0) is 6.54 Å². The van der Waals surface area contributed by atoms with Crippen molar-refractivity contribution >= 4 is 17.5 Å². The summed E-state index contributed by atoms with van der Waals surface area (Å²) in [5.74, 6) is 2.33. The Morgan fingerprint density at radius 1 is 1.00 bits per heavy atom. The predicted octanol–water partition coefficient (Wildman–Crippen LogP) is 4.56. The average molecular weight is 348 g/mol. The van der Waals surface area contributed by atoms with Gasteiger partial charge in [-0.05, 0) is 43.7 Å². The molecule has 3 rings (SSSR count). The van der Waals surface area contributed by atoms with Crippen LogP contribution in [0.5, 0.6) is 5.75 Å². The molecule has 0 spiro atoms. The fourth-order valence-corrected chi connectivity index (χ4v) is 2.73. The summed E-state index contributed by atoms with van der Waals surface area (Å²) in [6.45, 7) is 5.81. The molecule has 0 bridgehead atoms. The van der Waals surface area contributed by atoms with Crippen LogP contribution in [-0.4, -0.2) is 23.6 Å². The Kier molecular flexibility index (Phi) is 5.69. The fraction of sp³-hybridized carbons (Fsp3) is 0.238. The second kappa shape index (κ2) is 8.34. The molecule has 0 atom stereocenters. The molecule has 134 valence electrons. The van der Waals surface area contributed by atoms with E-state index >= 15 is 0 Å². The lowest BCUT2D eigenvalue weighted by molar-refractivity contribution is 0.415. The van der Waals surface area contributed by atoms with Crippen LogP contribution in [0.3, 0.4) is 0 Å². The van der Waals surface area contributed by atoms with E-state index in [2.05, 4.69) is 46.4 Å². The van der Waals surface area contributed by atoms with Crippen LogP contribution in [0.2, 0.25) is 0 Å². The maximum Gasteiger partial charge on any atom is 0.229 e. The van der Waals surface area contributed by atoms with E-state index < -0.39 is 0 Å². The molecular weight excluding hydrogens is 324 g/mol. The Labute approximate surface area is 154 Å². The minimum absolute atomic E-state index is 0.594. The first-order valence-electron chi connectivity index (χ1n) is 8.73. The van der Waals surface area contributed by atoms with Gasteiger partial charge in [-0.15, -0.1) is 0 Å². The monoisotopic (exact) mass is 348 g/mol. The average Bonchev–Trinajstić information content (AvgIpc) is 2.67. The SMILES string of the molecule is CCN(Cc1ccccc1)c1cc(C)nc(Nc2ccc(OC)cc2)n1. The highest BCUT2D eigenvalue weighted by atomic mass is 16.5. The summed E-state index contributed by atoms with van der Waals surface area (Å²) in [6, 6.07) is 20.2. The molecular formula is C21H24N4O.